The predicted molar refractivity (Wildman–Crippen MR) is 129 cm³/mol. The highest BCUT2D eigenvalue weighted by atomic mass is 32.2. The van der Waals surface area contributed by atoms with Crippen LogP contribution in [0.25, 0.3) is 22.2 Å². The maximum Gasteiger partial charge on any atom is 0.497 e. The fourth-order valence-electron chi connectivity index (χ4n) is 3.88. The number of aromatic nitrogens is 4. The number of carbonyl (C=O) groups is 1. The second kappa shape index (κ2) is 7.77. The number of pyridine rings is 1. The lowest BCUT2D eigenvalue weighted by Crippen LogP contribution is -2.41. The van der Waals surface area contributed by atoms with Crippen molar-refractivity contribution in [3.05, 3.63) is 61.2 Å². The summed E-state index contributed by atoms with van der Waals surface area (Å²) in [6.07, 6.45) is 4.51. The average Bonchev–Trinajstić information content (AvgIpc) is 3.49. The van der Waals surface area contributed by atoms with Crippen LogP contribution in [0.3, 0.4) is 0 Å². The minimum absolute atomic E-state index is 0.117. The number of fused-ring (bicyclic) bond motifs is 1. The van der Waals surface area contributed by atoms with Gasteiger partial charge < -0.3 is 14.4 Å². The zero-order chi connectivity index (χ0) is 25.2. The van der Waals surface area contributed by atoms with Crippen LogP contribution >= 0.6 is 0 Å². The van der Waals surface area contributed by atoms with Crippen molar-refractivity contribution < 1.29 is 27.6 Å². The lowest BCUT2D eigenvalue weighted by atomic mass is 9.79. The summed E-state index contributed by atoms with van der Waals surface area (Å²) in [5.41, 5.74) is 0.500. The molecule has 5 rings (SSSR count). The molecule has 4 heterocycles. The molecule has 10 nitrogen and oxygen atoms in total. The molecule has 3 aromatic heterocycles. The van der Waals surface area contributed by atoms with Gasteiger partial charge in [0.15, 0.2) is 5.65 Å². The van der Waals surface area contributed by atoms with E-state index >= 15 is 0 Å². The molecule has 0 atom stereocenters. The predicted octanol–water partition coefficient (Wildman–Crippen LogP) is 2.96. The molecule has 4 aromatic rings. The van der Waals surface area contributed by atoms with Crippen LogP contribution in [0.15, 0.2) is 66.1 Å². The second-order valence-corrected chi connectivity index (χ2v) is 11.2. The van der Waals surface area contributed by atoms with E-state index in [1.807, 2.05) is 27.7 Å². The van der Waals surface area contributed by atoms with E-state index in [2.05, 4.69) is 10.1 Å². The van der Waals surface area contributed by atoms with Crippen LogP contribution in [-0.2, 0) is 19.3 Å². The Hall–Kier alpha value is -3.48. The number of hydrogen-bond acceptors (Lipinski definition) is 7. The Morgan fingerprint density at radius 3 is 2.26 bits per heavy atom. The largest absolute Gasteiger partial charge is 0.497 e. The van der Waals surface area contributed by atoms with E-state index in [-0.39, 0.29) is 10.5 Å². The third-order valence-corrected chi connectivity index (χ3v) is 8.23. The van der Waals surface area contributed by atoms with Gasteiger partial charge in [-0.1, -0.05) is 18.2 Å². The van der Waals surface area contributed by atoms with Gasteiger partial charge in [-0.15, -0.1) is 0 Å². The van der Waals surface area contributed by atoms with Gasteiger partial charge in [-0.25, -0.2) is 22.2 Å². The molecule has 0 saturated carbocycles. The molecule has 1 saturated heterocycles. The van der Waals surface area contributed by atoms with Crippen molar-refractivity contribution in [2.45, 2.75) is 43.8 Å². The van der Waals surface area contributed by atoms with Crippen LogP contribution in [0.1, 0.15) is 27.7 Å². The Bertz CT molecular complexity index is 1540. The van der Waals surface area contributed by atoms with E-state index in [1.54, 1.807) is 24.3 Å². The fraction of sp³-hybridized carbons (Fsp3) is 0.261. The maximum absolute atomic E-state index is 13.5. The fourth-order valence-corrected chi connectivity index (χ4v) is 5.24. The van der Waals surface area contributed by atoms with Gasteiger partial charge >= 0.3 is 13.2 Å². The van der Waals surface area contributed by atoms with Gasteiger partial charge in [0.05, 0.1) is 22.3 Å². The highest BCUT2D eigenvalue weighted by Crippen LogP contribution is 2.37. The van der Waals surface area contributed by atoms with E-state index < -0.39 is 34.4 Å². The van der Waals surface area contributed by atoms with E-state index in [1.165, 1.54) is 36.9 Å². The number of hydrogen-bond donors (Lipinski definition) is 1. The molecule has 1 aliphatic rings. The molecular weight excluding hydrogens is 471 g/mol. The Morgan fingerprint density at radius 2 is 1.66 bits per heavy atom. The molecule has 1 aliphatic heterocycles. The molecule has 1 N–H and O–H groups in total. The summed E-state index contributed by atoms with van der Waals surface area (Å²) in [5, 5.41) is 13.5. The van der Waals surface area contributed by atoms with Gasteiger partial charge in [0.2, 0.25) is 0 Å². The molecule has 35 heavy (non-hydrogen) atoms. The Balaban J connectivity index is 1.71. The number of benzene rings is 1. The average molecular weight is 494 g/mol. The molecule has 1 aromatic carbocycles. The zero-order valence-corrected chi connectivity index (χ0v) is 20.4. The molecule has 0 radical (unpaired) electrons. The van der Waals surface area contributed by atoms with E-state index in [0.717, 1.165) is 8.65 Å². The summed E-state index contributed by atoms with van der Waals surface area (Å²) >= 11 is 0. The first-order valence-electron chi connectivity index (χ1n) is 10.9. The van der Waals surface area contributed by atoms with Crippen LogP contribution in [0, 0.1) is 0 Å². The SMILES string of the molecule is CC1(C)OB(c2cn(S(=O)(=O)c3ccccc3)c3ncc(-c4cnn(C(=O)O)c4)cc23)OC1(C)C. The van der Waals surface area contributed by atoms with Crippen LogP contribution in [0.5, 0.6) is 0 Å². The van der Waals surface area contributed by atoms with Gasteiger partial charge in [-0.05, 0) is 45.9 Å². The molecule has 180 valence electrons. The number of rotatable bonds is 4. The van der Waals surface area contributed by atoms with Crippen LogP contribution in [0.4, 0.5) is 4.79 Å². The summed E-state index contributed by atoms with van der Waals surface area (Å²) in [5.74, 6) is 0. The Kier molecular flexibility index (Phi) is 5.17. The lowest BCUT2D eigenvalue weighted by Gasteiger charge is -2.32. The van der Waals surface area contributed by atoms with Gasteiger partial charge in [0.1, 0.15) is 0 Å². The zero-order valence-electron chi connectivity index (χ0n) is 19.5. The molecule has 0 aliphatic carbocycles. The molecule has 0 bridgehead atoms. The summed E-state index contributed by atoms with van der Waals surface area (Å²) in [4.78, 5) is 15.8. The molecule has 0 spiro atoms. The minimum Gasteiger partial charge on any atom is -0.463 e. The highest BCUT2D eigenvalue weighted by Gasteiger charge is 2.52. The van der Waals surface area contributed by atoms with Crippen molar-refractivity contribution >= 4 is 39.7 Å². The van der Waals surface area contributed by atoms with Gasteiger partial charge in [-0.2, -0.15) is 9.78 Å². The first kappa shape index (κ1) is 23.3. The molecular formula is C23H23BN4O6S. The Labute approximate surface area is 202 Å². The van der Waals surface area contributed by atoms with E-state index in [4.69, 9.17) is 9.31 Å². The topological polar surface area (TPSA) is 126 Å². The molecule has 1 fully saturated rings. The molecule has 12 heteroatoms. The first-order chi connectivity index (χ1) is 16.4. The van der Waals surface area contributed by atoms with Crippen molar-refractivity contribution in [3.63, 3.8) is 0 Å². The standard InChI is InChI=1S/C23H23BN4O6S/c1-22(2)23(3,4)34-24(33-22)19-14-28(35(31,32)17-8-6-5-7-9-17)20-18(19)10-15(11-25-20)16-12-26-27(13-16)21(29)30/h5-14H,1-4H3,(H,29,30). The van der Waals surface area contributed by atoms with Crippen molar-refractivity contribution in [1.82, 2.24) is 18.7 Å². The molecule has 0 unspecified atom stereocenters. The van der Waals surface area contributed by atoms with Crippen molar-refractivity contribution in [3.8, 4) is 11.1 Å². The summed E-state index contributed by atoms with van der Waals surface area (Å²) in [6, 6.07) is 9.82. The van der Waals surface area contributed by atoms with Crippen LogP contribution in [-0.4, -0.2) is 56.7 Å². The lowest BCUT2D eigenvalue weighted by molar-refractivity contribution is 0.00578. The third kappa shape index (κ3) is 3.74. The monoisotopic (exact) mass is 494 g/mol. The smallest absolute Gasteiger partial charge is 0.463 e. The second-order valence-electron chi connectivity index (χ2n) is 9.34. The first-order valence-corrected chi connectivity index (χ1v) is 12.3. The van der Waals surface area contributed by atoms with Gasteiger partial charge in [0, 0.05) is 40.6 Å². The summed E-state index contributed by atoms with van der Waals surface area (Å²) < 4.78 is 41.4. The minimum atomic E-state index is -3.97. The van der Waals surface area contributed by atoms with Gasteiger partial charge in [-0.3, -0.25) is 0 Å². The van der Waals surface area contributed by atoms with E-state index in [9.17, 15) is 18.3 Å². The number of nitrogens with zero attached hydrogens (tertiary/aromatic N) is 4. The quantitative estimate of drug-likeness (QED) is 0.430. The normalized spacial score (nSPS) is 17.2. The van der Waals surface area contributed by atoms with Crippen LogP contribution < -0.4 is 5.46 Å². The van der Waals surface area contributed by atoms with Crippen LogP contribution in [0.2, 0.25) is 0 Å². The summed E-state index contributed by atoms with van der Waals surface area (Å²) in [7, 11) is -4.81. The Morgan fingerprint density at radius 1 is 1.00 bits per heavy atom. The summed E-state index contributed by atoms with van der Waals surface area (Å²) in [6.45, 7) is 7.65. The van der Waals surface area contributed by atoms with Gasteiger partial charge in [0.25, 0.3) is 10.0 Å². The van der Waals surface area contributed by atoms with E-state index in [0.29, 0.717) is 22.0 Å². The van der Waals surface area contributed by atoms with Crippen molar-refractivity contribution in [2.75, 3.05) is 0 Å². The van der Waals surface area contributed by atoms with Crippen molar-refractivity contribution in [1.29, 1.82) is 0 Å². The highest BCUT2D eigenvalue weighted by molar-refractivity contribution is 7.90. The third-order valence-electron chi connectivity index (χ3n) is 6.56. The van der Waals surface area contributed by atoms with Crippen molar-refractivity contribution in [2.24, 2.45) is 0 Å². The number of carboxylic acid groups (broad SMARTS) is 1. The maximum atomic E-state index is 13.5. The molecule has 0 amide bonds.